The van der Waals surface area contributed by atoms with Gasteiger partial charge in [0.05, 0.1) is 18.5 Å². The van der Waals surface area contributed by atoms with E-state index in [0.29, 0.717) is 5.92 Å². The van der Waals surface area contributed by atoms with Gasteiger partial charge >= 0.3 is 0 Å². The Bertz CT molecular complexity index is 672. The highest BCUT2D eigenvalue weighted by molar-refractivity contribution is 7.15. The fourth-order valence-corrected chi connectivity index (χ4v) is 4.68. The predicted octanol–water partition coefficient (Wildman–Crippen LogP) is 2.53. The lowest BCUT2D eigenvalue weighted by molar-refractivity contribution is -0.0795. The summed E-state index contributed by atoms with van der Waals surface area (Å²) in [6.45, 7) is 7.13. The number of hydrogen-bond acceptors (Lipinski definition) is 6. The minimum atomic E-state index is -0.175. The second-order valence-corrected chi connectivity index (χ2v) is 7.97. The van der Waals surface area contributed by atoms with Crippen molar-refractivity contribution in [2.75, 3.05) is 24.6 Å². The van der Waals surface area contributed by atoms with Gasteiger partial charge in [-0.05, 0) is 30.7 Å². The summed E-state index contributed by atoms with van der Waals surface area (Å²) in [5, 5.41) is 18.3. The quantitative estimate of drug-likeness (QED) is 0.935. The van der Waals surface area contributed by atoms with Crippen LogP contribution in [-0.2, 0) is 23.2 Å². The van der Waals surface area contributed by atoms with E-state index >= 15 is 0 Å². The first kappa shape index (κ1) is 15.1. The van der Waals surface area contributed by atoms with E-state index < -0.39 is 0 Å². The Morgan fingerprint density at radius 3 is 2.96 bits per heavy atom. The SMILES string of the molecule is CC(C)Cc1nnc(N2CCC3(CC2)OCCc2cn[nH]c23)s1. The first-order valence-corrected chi connectivity index (χ1v) is 9.22. The molecule has 0 bridgehead atoms. The second-order valence-electron chi connectivity index (χ2n) is 6.93. The molecule has 23 heavy (non-hydrogen) atoms. The molecular formula is C16H23N5OS. The van der Waals surface area contributed by atoms with Gasteiger partial charge in [-0.1, -0.05) is 25.2 Å². The summed E-state index contributed by atoms with van der Waals surface area (Å²) < 4.78 is 6.20. The fraction of sp³-hybridized carbons (Fsp3) is 0.688. The molecule has 4 heterocycles. The Balaban J connectivity index is 1.47. The van der Waals surface area contributed by atoms with Crippen molar-refractivity contribution >= 4 is 16.5 Å². The molecule has 1 saturated heterocycles. The Labute approximate surface area is 140 Å². The van der Waals surface area contributed by atoms with Crippen LogP contribution in [0, 0.1) is 5.92 Å². The van der Waals surface area contributed by atoms with Gasteiger partial charge in [0.1, 0.15) is 10.6 Å². The molecule has 0 aliphatic carbocycles. The number of H-pyrrole nitrogens is 1. The molecule has 1 fully saturated rings. The number of nitrogens with one attached hydrogen (secondary N) is 1. The summed E-state index contributed by atoms with van der Waals surface area (Å²) in [5.74, 6) is 0.620. The van der Waals surface area contributed by atoms with E-state index in [1.165, 1.54) is 11.3 Å². The average molecular weight is 333 g/mol. The van der Waals surface area contributed by atoms with Crippen LogP contribution in [0.15, 0.2) is 6.20 Å². The van der Waals surface area contributed by atoms with Gasteiger partial charge in [-0.3, -0.25) is 5.10 Å². The molecule has 1 spiro atoms. The molecule has 0 amide bonds. The number of ether oxygens (including phenoxy) is 1. The van der Waals surface area contributed by atoms with Gasteiger partial charge in [-0.15, -0.1) is 10.2 Å². The molecule has 0 atom stereocenters. The highest BCUT2D eigenvalue weighted by atomic mass is 32.1. The molecule has 2 aromatic heterocycles. The van der Waals surface area contributed by atoms with Gasteiger partial charge in [0.15, 0.2) is 0 Å². The Morgan fingerprint density at radius 1 is 1.35 bits per heavy atom. The predicted molar refractivity (Wildman–Crippen MR) is 89.8 cm³/mol. The lowest BCUT2D eigenvalue weighted by Crippen LogP contribution is -2.46. The monoisotopic (exact) mass is 333 g/mol. The van der Waals surface area contributed by atoms with Gasteiger partial charge in [0, 0.05) is 19.5 Å². The summed E-state index contributed by atoms with van der Waals surface area (Å²) in [6, 6.07) is 0. The van der Waals surface area contributed by atoms with Crippen LogP contribution in [0.3, 0.4) is 0 Å². The summed E-state index contributed by atoms with van der Waals surface area (Å²) in [5.41, 5.74) is 2.34. The summed E-state index contributed by atoms with van der Waals surface area (Å²) in [4.78, 5) is 2.35. The molecular weight excluding hydrogens is 310 g/mol. The van der Waals surface area contributed by atoms with Crippen LogP contribution in [0.1, 0.15) is 43.0 Å². The maximum atomic E-state index is 6.20. The van der Waals surface area contributed by atoms with E-state index in [2.05, 4.69) is 39.1 Å². The van der Waals surface area contributed by atoms with Crippen LogP contribution in [0.5, 0.6) is 0 Å². The minimum absolute atomic E-state index is 0.175. The minimum Gasteiger partial charge on any atom is -0.368 e. The maximum absolute atomic E-state index is 6.20. The topological polar surface area (TPSA) is 66.9 Å². The van der Waals surface area contributed by atoms with Crippen molar-refractivity contribution in [3.63, 3.8) is 0 Å². The third-order valence-corrected chi connectivity index (χ3v) is 5.81. The van der Waals surface area contributed by atoms with Gasteiger partial charge < -0.3 is 9.64 Å². The summed E-state index contributed by atoms with van der Waals surface area (Å²) in [7, 11) is 0. The van der Waals surface area contributed by atoms with Crippen LogP contribution >= 0.6 is 11.3 Å². The number of aromatic nitrogens is 4. The van der Waals surface area contributed by atoms with Crippen molar-refractivity contribution in [3.05, 3.63) is 22.5 Å². The van der Waals surface area contributed by atoms with E-state index in [4.69, 9.17) is 4.74 Å². The lowest BCUT2D eigenvalue weighted by atomic mass is 9.84. The van der Waals surface area contributed by atoms with Crippen molar-refractivity contribution in [1.29, 1.82) is 0 Å². The molecule has 0 saturated carbocycles. The standard InChI is InChI=1S/C16H23N5OS/c1-11(2)9-13-18-20-15(23-13)21-6-4-16(5-7-21)14-12(3-8-22-16)10-17-19-14/h10-11H,3-9H2,1-2H3,(H,17,19). The zero-order valence-corrected chi connectivity index (χ0v) is 14.5. The number of anilines is 1. The number of nitrogens with zero attached hydrogens (tertiary/aromatic N) is 4. The van der Waals surface area contributed by atoms with Crippen molar-refractivity contribution < 1.29 is 4.74 Å². The number of aromatic amines is 1. The molecule has 124 valence electrons. The zero-order chi connectivity index (χ0) is 15.9. The van der Waals surface area contributed by atoms with E-state index in [0.717, 1.165) is 55.5 Å². The molecule has 7 heteroatoms. The Hall–Kier alpha value is -1.47. The van der Waals surface area contributed by atoms with Crippen molar-refractivity contribution in [1.82, 2.24) is 20.4 Å². The molecule has 4 rings (SSSR count). The third kappa shape index (κ3) is 2.76. The van der Waals surface area contributed by atoms with E-state index in [1.807, 2.05) is 6.20 Å². The van der Waals surface area contributed by atoms with Gasteiger partial charge in [0.2, 0.25) is 5.13 Å². The highest BCUT2D eigenvalue weighted by Crippen LogP contribution is 2.41. The Morgan fingerprint density at radius 2 is 2.17 bits per heavy atom. The normalized spacial score (nSPS) is 20.2. The van der Waals surface area contributed by atoms with Crippen molar-refractivity contribution in [3.8, 4) is 0 Å². The molecule has 2 aliphatic rings. The van der Waals surface area contributed by atoms with Crippen LogP contribution in [-0.4, -0.2) is 40.1 Å². The number of piperidine rings is 1. The maximum Gasteiger partial charge on any atom is 0.208 e. The summed E-state index contributed by atoms with van der Waals surface area (Å²) in [6.07, 6.45) is 5.87. The van der Waals surface area contributed by atoms with Gasteiger partial charge in [0.25, 0.3) is 0 Å². The molecule has 0 aromatic carbocycles. The van der Waals surface area contributed by atoms with Crippen LogP contribution < -0.4 is 4.90 Å². The van der Waals surface area contributed by atoms with E-state index in [-0.39, 0.29) is 5.60 Å². The Kier molecular flexibility index (Phi) is 3.85. The van der Waals surface area contributed by atoms with E-state index in [9.17, 15) is 0 Å². The summed E-state index contributed by atoms with van der Waals surface area (Å²) >= 11 is 1.73. The smallest absolute Gasteiger partial charge is 0.208 e. The lowest BCUT2D eigenvalue weighted by Gasteiger charge is -2.43. The third-order valence-electron chi connectivity index (χ3n) is 4.80. The number of fused-ring (bicyclic) bond motifs is 2. The zero-order valence-electron chi connectivity index (χ0n) is 13.7. The number of rotatable bonds is 3. The molecule has 0 unspecified atom stereocenters. The molecule has 1 N–H and O–H groups in total. The van der Waals surface area contributed by atoms with Crippen molar-refractivity contribution in [2.45, 2.75) is 45.1 Å². The van der Waals surface area contributed by atoms with Gasteiger partial charge in [-0.25, -0.2) is 0 Å². The highest BCUT2D eigenvalue weighted by Gasteiger charge is 2.42. The van der Waals surface area contributed by atoms with E-state index in [1.54, 1.807) is 11.3 Å². The second kappa shape index (κ2) is 5.87. The van der Waals surface area contributed by atoms with Crippen molar-refractivity contribution in [2.24, 2.45) is 5.92 Å². The largest absolute Gasteiger partial charge is 0.368 e. The molecule has 2 aliphatic heterocycles. The van der Waals surface area contributed by atoms with Crippen LogP contribution in [0.2, 0.25) is 0 Å². The molecule has 0 radical (unpaired) electrons. The van der Waals surface area contributed by atoms with Crippen LogP contribution in [0.25, 0.3) is 0 Å². The van der Waals surface area contributed by atoms with Gasteiger partial charge in [-0.2, -0.15) is 5.10 Å². The molecule has 6 nitrogen and oxygen atoms in total. The molecule has 2 aromatic rings. The average Bonchev–Trinajstić information content (AvgIpc) is 3.18. The first-order chi connectivity index (χ1) is 11.2. The fourth-order valence-electron chi connectivity index (χ4n) is 3.58. The number of hydrogen-bond donors (Lipinski definition) is 1. The first-order valence-electron chi connectivity index (χ1n) is 8.40. The van der Waals surface area contributed by atoms with Crippen LogP contribution in [0.4, 0.5) is 5.13 Å².